The van der Waals surface area contributed by atoms with E-state index in [0.717, 1.165) is 5.56 Å². The molecule has 0 saturated carbocycles. The van der Waals surface area contributed by atoms with Crippen molar-refractivity contribution in [3.63, 3.8) is 0 Å². The van der Waals surface area contributed by atoms with E-state index in [9.17, 15) is 43.8 Å². The van der Waals surface area contributed by atoms with Crippen LogP contribution >= 0.6 is 0 Å². The van der Waals surface area contributed by atoms with E-state index in [1.165, 1.54) is 24.3 Å². The van der Waals surface area contributed by atoms with Crippen molar-refractivity contribution in [2.24, 2.45) is 27.9 Å². The fourth-order valence-corrected chi connectivity index (χ4v) is 6.57. The number of carbonyl (C=O) groups excluding carboxylic acids is 6. The zero-order chi connectivity index (χ0) is 45.1. The number of aliphatic hydroxyl groups excluding tert-OH is 1. The van der Waals surface area contributed by atoms with Crippen LogP contribution in [-0.2, 0) is 46.4 Å². The van der Waals surface area contributed by atoms with E-state index in [0.29, 0.717) is 37.2 Å². The number of rotatable bonds is 25. The molecule has 6 amide bonds. The number of nitrogens with zero attached hydrogens (tertiary/aromatic N) is 3. The molecule has 1 aromatic heterocycles. The predicted molar refractivity (Wildman–Crippen MR) is 222 cm³/mol. The van der Waals surface area contributed by atoms with E-state index < -0.39 is 90.3 Å². The Morgan fingerprint density at radius 3 is 2.25 bits per heavy atom. The van der Waals surface area contributed by atoms with Gasteiger partial charge in [-0.1, -0.05) is 12.1 Å². The molecule has 2 aromatic rings. The minimum absolute atomic E-state index is 0.0159. The molecule has 0 spiro atoms. The summed E-state index contributed by atoms with van der Waals surface area (Å²) in [6, 6.07) is -0.631. The largest absolute Gasteiger partial charge is 0.480 e. The second-order valence-corrected chi connectivity index (χ2v) is 14.8. The number of aromatic amines is 1. The summed E-state index contributed by atoms with van der Waals surface area (Å²) < 4.78 is 0. The number of likely N-dealkylation sites (tertiary alicyclic amines) is 1. The number of hydrogen-bond acceptors (Lipinski definition) is 13. The lowest BCUT2D eigenvalue weighted by Gasteiger charge is -2.31. The predicted octanol–water partition coefficient (Wildman–Crippen LogP) is -4.20. The lowest BCUT2D eigenvalue weighted by atomic mass is 10.0. The first kappa shape index (κ1) is 49.0. The first-order valence-corrected chi connectivity index (χ1v) is 20.0. The molecule has 18 N–H and O–H groups in total. The molecule has 0 bridgehead atoms. The number of aliphatic imine (C=N–C) groups is 1. The smallest absolute Gasteiger partial charge is 0.326 e. The number of nitrogens with two attached hydrogens (primary N) is 5. The van der Waals surface area contributed by atoms with Gasteiger partial charge in [-0.25, -0.2) is 9.78 Å². The van der Waals surface area contributed by atoms with Crippen LogP contribution in [0.3, 0.4) is 0 Å². The number of carbonyl (C=O) groups is 7. The van der Waals surface area contributed by atoms with Crippen molar-refractivity contribution < 1.29 is 43.8 Å². The lowest BCUT2D eigenvalue weighted by molar-refractivity contribution is -0.143. The van der Waals surface area contributed by atoms with Gasteiger partial charge in [-0.05, 0) is 82.5 Å². The van der Waals surface area contributed by atoms with Gasteiger partial charge >= 0.3 is 5.97 Å². The van der Waals surface area contributed by atoms with Gasteiger partial charge in [0.25, 0.3) is 0 Å². The molecule has 336 valence electrons. The zero-order valence-corrected chi connectivity index (χ0v) is 34.2. The molecule has 23 heteroatoms. The minimum atomic E-state index is -1.49. The second-order valence-electron chi connectivity index (χ2n) is 14.8. The number of aliphatic hydroxyl groups is 1. The number of aromatic nitrogens is 2. The van der Waals surface area contributed by atoms with Crippen molar-refractivity contribution >= 4 is 53.1 Å². The summed E-state index contributed by atoms with van der Waals surface area (Å²) in [5, 5.41) is 32.7. The van der Waals surface area contributed by atoms with Gasteiger partial charge in [0.2, 0.25) is 35.4 Å². The highest BCUT2D eigenvalue weighted by Crippen LogP contribution is 2.21. The van der Waals surface area contributed by atoms with Gasteiger partial charge in [0.05, 0.1) is 25.0 Å². The Hall–Kier alpha value is -6.33. The van der Waals surface area contributed by atoms with Crippen molar-refractivity contribution in [1.29, 1.82) is 0 Å². The van der Waals surface area contributed by atoms with E-state index in [4.69, 9.17) is 28.7 Å². The molecule has 23 nitrogen and oxygen atoms in total. The SMILES string of the molecule is C[C@@H](O)[C@H](NC(=O)[C@@H](N)Cc1ccc(N)cc1)C(=O)N[C@@H](CCCCN)C(=O)N1CCC[C@H]1C(=O)N[C@@H](CCCN=C(N)N)C(=O)NCC(=O)N[C@@H](Cc1cnc[nH]1)C(=O)O. The Kier molecular flexibility index (Phi) is 19.8. The lowest BCUT2D eigenvalue weighted by Crippen LogP contribution is -2.60. The number of amides is 6. The average molecular weight is 857 g/mol. The maximum absolute atomic E-state index is 14.2. The fraction of sp³-hybridized carbons (Fsp3) is 0.553. The van der Waals surface area contributed by atoms with Crippen molar-refractivity contribution in [3.8, 4) is 0 Å². The number of nitrogens with one attached hydrogen (secondary N) is 6. The Bertz CT molecular complexity index is 1810. The molecular formula is C38H60N14O9. The number of unbranched alkanes of at least 4 members (excludes halogenated alkanes) is 1. The number of anilines is 1. The number of guanidine groups is 1. The third kappa shape index (κ3) is 16.3. The number of aliphatic carboxylic acids is 1. The number of benzene rings is 1. The average Bonchev–Trinajstić information content (AvgIpc) is 3.93. The quantitative estimate of drug-likeness (QED) is 0.0195. The molecule has 0 unspecified atom stereocenters. The van der Waals surface area contributed by atoms with Crippen LogP contribution in [0, 0.1) is 0 Å². The molecule has 1 aromatic carbocycles. The Labute approximate surface area is 352 Å². The molecule has 1 fully saturated rings. The van der Waals surface area contributed by atoms with E-state index in [1.54, 1.807) is 24.3 Å². The highest BCUT2D eigenvalue weighted by Gasteiger charge is 2.40. The number of hydrogen-bond donors (Lipinski definition) is 13. The molecule has 1 aliphatic rings. The summed E-state index contributed by atoms with van der Waals surface area (Å²) in [5.74, 6) is -5.92. The molecule has 61 heavy (non-hydrogen) atoms. The van der Waals surface area contributed by atoms with E-state index in [1.807, 2.05) is 0 Å². The molecule has 2 heterocycles. The van der Waals surface area contributed by atoms with E-state index in [2.05, 4.69) is 41.5 Å². The van der Waals surface area contributed by atoms with Crippen LogP contribution in [0.2, 0.25) is 0 Å². The number of carboxylic acids is 1. The second kappa shape index (κ2) is 24.7. The van der Waals surface area contributed by atoms with Gasteiger partial charge in [0, 0.05) is 37.1 Å². The summed E-state index contributed by atoms with van der Waals surface area (Å²) in [6.07, 6.45) is 3.33. The van der Waals surface area contributed by atoms with Crippen molar-refractivity contribution in [3.05, 3.63) is 48.0 Å². The topological polar surface area (TPSA) is 394 Å². The Balaban J connectivity index is 1.71. The third-order valence-electron chi connectivity index (χ3n) is 9.85. The fourth-order valence-electron chi connectivity index (χ4n) is 6.57. The first-order valence-electron chi connectivity index (χ1n) is 20.0. The summed E-state index contributed by atoms with van der Waals surface area (Å²) in [5.41, 5.74) is 30.1. The first-order chi connectivity index (χ1) is 29.0. The van der Waals surface area contributed by atoms with Crippen molar-refractivity contribution in [2.75, 3.05) is 31.9 Å². The van der Waals surface area contributed by atoms with Gasteiger partial charge in [-0.15, -0.1) is 0 Å². The normalized spacial score (nSPS) is 16.5. The van der Waals surface area contributed by atoms with E-state index in [-0.39, 0.29) is 57.6 Å². The summed E-state index contributed by atoms with van der Waals surface area (Å²) >= 11 is 0. The molecule has 1 aliphatic heterocycles. The monoisotopic (exact) mass is 856 g/mol. The van der Waals surface area contributed by atoms with Crippen LogP contribution in [-0.4, -0.2) is 141 Å². The standard InChI is InChI=1S/C38H60N14O9/c1-21(53)31(51-32(55)25(41)16-22-9-11-23(40)12-10-22)35(58)50-27(6-2-3-13-39)36(59)52-15-5-8-29(52)34(57)49-26(7-4-14-45-38(42)43)33(56)46-19-30(54)48-28(37(60)61)17-24-18-44-20-47-24/h9-12,18,20-21,25-29,31,53H,2-8,13-17,19,39-41H2,1H3,(H,44,47)(H,46,56)(H,48,54)(H,49,57)(H,50,58)(H,51,55)(H,60,61)(H4,42,43,45)/t21-,25+,26+,27+,28+,29+,31+/m1/s1. The number of H-pyrrole nitrogens is 1. The van der Waals surface area contributed by atoms with Crippen molar-refractivity contribution in [2.45, 2.75) is 107 Å². The molecule has 7 atom stereocenters. The van der Waals surface area contributed by atoms with Crippen LogP contribution in [0.5, 0.6) is 0 Å². The molecule has 3 rings (SSSR count). The maximum atomic E-state index is 14.2. The number of imidazole rings is 1. The van der Waals surface area contributed by atoms with Crippen LogP contribution in [0.25, 0.3) is 0 Å². The van der Waals surface area contributed by atoms with Gasteiger partial charge in [0.15, 0.2) is 5.96 Å². The summed E-state index contributed by atoms with van der Waals surface area (Å²) in [7, 11) is 0. The van der Waals surface area contributed by atoms with Crippen LogP contribution in [0.15, 0.2) is 41.8 Å². The number of carboxylic acid groups (broad SMARTS) is 1. The highest BCUT2D eigenvalue weighted by molar-refractivity contribution is 5.97. The number of nitrogen functional groups attached to an aromatic ring is 1. The van der Waals surface area contributed by atoms with Crippen molar-refractivity contribution in [1.82, 2.24) is 41.5 Å². The third-order valence-corrected chi connectivity index (χ3v) is 9.85. The van der Waals surface area contributed by atoms with Crippen LogP contribution < -0.4 is 55.3 Å². The summed E-state index contributed by atoms with van der Waals surface area (Å²) in [4.78, 5) is 104. The zero-order valence-electron chi connectivity index (χ0n) is 34.2. The molecule has 0 aliphatic carbocycles. The Morgan fingerprint density at radius 1 is 0.918 bits per heavy atom. The van der Waals surface area contributed by atoms with Crippen LogP contribution in [0.4, 0.5) is 5.69 Å². The highest BCUT2D eigenvalue weighted by atomic mass is 16.4. The Morgan fingerprint density at radius 2 is 1.62 bits per heavy atom. The van der Waals surface area contributed by atoms with Gasteiger partial charge in [0.1, 0.15) is 30.2 Å². The van der Waals surface area contributed by atoms with Gasteiger partial charge < -0.3 is 75.3 Å². The minimum Gasteiger partial charge on any atom is -0.480 e. The molecule has 0 radical (unpaired) electrons. The van der Waals surface area contributed by atoms with Gasteiger partial charge in [-0.3, -0.25) is 33.8 Å². The molecular weight excluding hydrogens is 797 g/mol. The molecule has 1 saturated heterocycles. The van der Waals surface area contributed by atoms with Crippen LogP contribution in [0.1, 0.15) is 63.1 Å². The van der Waals surface area contributed by atoms with E-state index >= 15 is 0 Å². The maximum Gasteiger partial charge on any atom is 0.326 e. The summed E-state index contributed by atoms with van der Waals surface area (Å²) in [6.45, 7) is 1.24. The van der Waals surface area contributed by atoms with Gasteiger partial charge in [-0.2, -0.15) is 0 Å².